The van der Waals surface area contributed by atoms with Gasteiger partial charge in [0.15, 0.2) is 17.4 Å². The van der Waals surface area contributed by atoms with Gasteiger partial charge in [0.1, 0.15) is 0 Å². The molecular formula is C20H14Cl2N2OS. The summed E-state index contributed by atoms with van der Waals surface area (Å²) in [5.41, 5.74) is 1.43. The van der Waals surface area contributed by atoms with Gasteiger partial charge in [-0.05, 0) is 35.6 Å². The van der Waals surface area contributed by atoms with E-state index in [1.54, 1.807) is 29.1 Å². The summed E-state index contributed by atoms with van der Waals surface area (Å²) in [6.07, 6.45) is 3.52. The summed E-state index contributed by atoms with van der Waals surface area (Å²) in [6.45, 7) is 0. The molecule has 6 heteroatoms. The van der Waals surface area contributed by atoms with Gasteiger partial charge in [0.25, 0.3) is 0 Å². The van der Waals surface area contributed by atoms with Crippen molar-refractivity contribution < 1.29 is 9.67 Å². The second-order valence-corrected chi connectivity index (χ2v) is 6.66. The van der Waals surface area contributed by atoms with E-state index in [2.05, 4.69) is 5.32 Å². The monoisotopic (exact) mass is 400 g/mol. The SMILES string of the molecule is [O-]C(=C(C(=S)Nc1ccccc1)[n+]1ccccc1)c1ccc(Cl)cc1Cl. The van der Waals surface area contributed by atoms with Gasteiger partial charge >= 0.3 is 0 Å². The summed E-state index contributed by atoms with van der Waals surface area (Å²) in [5, 5.41) is 17.0. The minimum atomic E-state index is -0.295. The highest BCUT2D eigenvalue weighted by molar-refractivity contribution is 7.81. The number of thiocarbonyl (C=S) groups is 1. The minimum absolute atomic E-state index is 0.277. The van der Waals surface area contributed by atoms with E-state index >= 15 is 0 Å². The number of halogens is 2. The van der Waals surface area contributed by atoms with Crippen molar-refractivity contribution in [2.45, 2.75) is 0 Å². The maximum Gasteiger partial charge on any atom is 0.238 e. The molecule has 0 aliphatic rings. The van der Waals surface area contributed by atoms with Crippen LogP contribution in [0.3, 0.4) is 0 Å². The Hall–Kier alpha value is -2.40. The molecule has 3 rings (SSSR count). The topological polar surface area (TPSA) is 39.0 Å². The Labute approximate surface area is 167 Å². The fourth-order valence-electron chi connectivity index (χ4n) is 2.40. The Balaban J connectivity index is 2.10. The maximum atomic E-state index is 13.2. The zero-order valence-corrected chi connectivity index (χ0v) is 15.9. The lowest BCUT2D eigenvalue weighted by Gasteiger charge is -2.18. The number of aromatic nitrogens is 1. The Bertz CT molecular complexity index is 960. The van der Waals surface area contributed by atoms with Crippen LogP contribution in [0.25, 0.3) is 11.5 Å². The van der Waals surface area contributed by atoms with E-state index in [1.165, 1.54) is 6.07 Å². The lowest BCUT2D eigenvalue weighted by atomic mass is 10.1. The van der Waals surface area contributed by atoms with Gasteiger partial charge in [0, 0.05) is 27.9 Å². The molecule has 0 saturated heterocycles. The van der Waals surface area contributed by atoms with Gasteiger partial charge in [0.05, 0.1) is 0 Å². The molecule has 0 spiro atoms. The van der Waals surface area contributed by atoms with Crippen LogP contribution in [0, 0.1) is 0 Å². The number of hydrogen-bond donors (Lipinski definition) is 1. The van der Waals surface area contributed by atoms with E-state index in [0.29, 0.717) is 21.3 Å². The molecule has 0 unspecified atom stereocenters. The average Bonchev–Trinajstić information content (AvgIpc) is 2.63. The van der Waals surface area contributed by atoms with E-state index in [0.717, 1.165) is 5.69 Å². The largest absolute Gasteiger partial charge is 0.867 e. The molecule has 0 amide bonds. The summed E-state index contributed by atoms with van der Waals surface area (Å²) >= 11 is 17.7. The fraction of sp³-hybridized carbons (Fsp3) is 0. The molecule has 3 aromatic rings. The quantitative estimate of drug-likeness (QED) is 0.305. The maximum absolute atomic E-state index is 13.2. The van der Waals surface area contributed by atoms with Crippen LogP contribution in [-0.2, 0) is 0 Å². The highest BCUT2D eigenvalue weighted by Gasteiger charge is 2.19. The summed E-state index contributed by atoms with van der Waals surface area (Å²) < 4.78 is 1.67. The van der Waals surface area contributed by atoms with Gasteiger partial charge in [-0.1, -0.05) is 65.8 Å². The van der Waals surface area contributed by atoms with Gasteiger partial charge < -0.3 is 10.4 Å². The third kappa shape index (κ3) is 4.22. The number of anilines is 1. The van der Waals surface area contributed by atoms with Crippen molar-refractivity contribution in [2.75, 3.05) is 5.32 Å². The molecule has 0 aliphatic carbocycles. The molecule has 1 aromatic heterocycles. The Morgan fingerprint density at radius 2 is 1.58 bits per heavy atom. The van der Waals surface area contributed by atoms with Crippen LogP contribution < -0.4 is 15.0 Å². The first-order valence-corrected chi connectivity index (χ1v) is 8.92. The molecule has 0 saturated carbocycles. The van der Waals surface area contributed by atoms with Gasteiger partial charge in [-0.25, -0.2) is 0 Å². The number of rotatable bonds is 4. The second kappa shape index (κ2) is 8.32. The van der Waals surface area contributed by atoms with Crippen LogP contribution in [0.4, 0.5) is 5.69 Å². The summed E-state index contributed by atoms with van der Waals surface area (Å²) in [4.78, 5) is 0.295. The van der Waals surface area contributed by atoms with E-state index in [-0.39, 0.29) is 10.8 Å². The van der Waals surface area contributed by atoms with E-state index in [1.807, 2.05) is 48.5 Å². The number of para-hydroxylation sites is 1. The molecule has 1 N–H and O–H groups in total. The second-order valence-electron chi connectivity index (χ2n) is 5.40. The average molecular weight is 401 g/mol. The molecule has 130 valence electrons. The van der Waals surface area contributed by atoms with Crippen LogP contribution in [-0.4, -0.2) is 4.99 Å². The third-order valence-electron chi connectivity index (χ3n) is 3.61. The predicted octanol–water partition coefficient (Wildman–Crippen LogP) is 4.41. The van der Waals surface area contributed by atoms with Crippen molar-refractivity contribution in [2.24, 2.45) is 0 Å². The van der Waals surface area contributed by atoms with Crippen molar-refractivity contribution in [3.63, 3.8) is 0 Å². The van der Waals surface area contributed by atoms with Crippen molar-refractivity contribution in [3.8, 4) is 0 Å². The highest BCUT2D eigenvalue weighted by atomic mass is 35.5. The molecule has 0 fully saturated rings. The van der Waals surface area contributed by atoms with Gasteiger partial charge in [-0.3, -0.25) is 0 Å². The summed E-state index contributed by atoms with van der Waals surface area (Å²) in [7, 11) is 0. The van der Waals surface area contributed by atoms with Crippen LogP contribution in [0.1, 0.15) is 5.56 Å². The van der Waals surface area contributed by atoms with E-state index in [9.17, 15) is 5.11 Å². The molecule has 0 bridgehead atoms. The number of hydrogen-bond acceptors (Lipinski definition) is 2. The molecule has 2 aromatic carbocycles. The van der Waals surface area contributed by atoms with E-state index < -0.39 is 0 Å². The summed E-state index contributed by atoms with van der Waals surface area (Å²) in [6, 6.07) is 19.7. The minimum Gasteiger partial charge on any atom is -0.867 e. The van der Waals surface area contributed by atoms with Gasteiger partial charge in [-0.2, -0.15) is 4.57 Å². The first-order valence-electron chi connectivity index (χ1n) is 7.76. The number of nitrogens with zero attached hydrogens (tertiary/aromatic N) is 1. The normalized spacial score (nSPS) is 11.6. The number of pyridine rings is 1. The lowest BCUT2D eigenvalue weighted by molar-refractivity contribution is -0.577. The number of nitrogens with one attached hydrogen (secondary N) is 1. The Kier molecular flexibility index (Phi) is 5.89. The molecule has 0 aliphatic heterocycles. The summed E-state index contributed by atoms with van der Waals surface area (Å²) in [5.74, 6) is -0.295. The Morgan fingerprint density at radius 1 is 0.923 bits per heavy atom. The van der Waals surface area contributed by atoms with E-state index in [4.69, 9.17) is 35.4 Å². The van der Waals surface area contributed by atoms with Crippen molar-refractivity contribution in [3.05, 3.63) is 94.7 Å². The predicted molar refractivity (Wildman–Crippen MR) is 109 cm³/mol. The van der Waals surface area contributed by atoms with Crippen LogP contribution >= 0.6 is 35.4 Å². The van der Waals surface area contributed by atoms with Crippen LogP contribution in [0.5, 0.6) is 0 Å². The standard InChI is InChI=1S/C20H14Cl2N2OS/c21-14-9-10-16(17(22)13-14)19(25)18(24-11-5-2-6-12-24)20(26)23-15-7-3-1-4-8-15/h1-13H,(H-,23,25,26). The Morgan fingerprint density at radius 3 is 2.23 bits per heavy atom. The first kappa shape index (κ1) is 18.4. The molecule has 26 heavy (non-hydrogen) atoms. The first-order chi connectivity index (χ1) is 12.6. The molecule has 3 nitrogen and oxygen atoms in total. The smallest absolute Gasteiger partial charge is 0.238 e. The molecule has 0 atom stereocenters. The third-order valence-corrected chi connectivity index (χ3v) is 4.45. The van der Waals surface area contributed by atoms with Gasteiger partial charge in [-0.15, -0.1) is 0 Å². The van der Waals surface area contributed by atoms with Crippen LogP contribution in [0.2, 0.25) is 10.0 Å². The molecular weight excluding hydrogens is 387 g/mol. The lowest BCUT2D eigenvalue weighted by Crippen LogP contribution is -2.39. The fourth-order valence-corrected chi connectivity index (χ4v) is 3.21. The molecule has 0 radical (unpaired) electrons. The molecule has 1 heterocycles. The zero-order valence-electron chi connectivity index (χ0n) is 13.5. The van der Waals surface area contributed by atoms with Crippen LogP contribution in [0.15, 0.2) is 79.1 Å². The van der Waals surface area contributed by atoms with Crippen molar-refractivity contribution >= 4 is 57.6 Å². The van der Waals surface area contributed by atoms with Crippen molar-refractivity contribution in [1.82, 2.24) is 0 Å². The van der Waals surface area contributed by atoms with Crippen molar-refractivity contribution in [1.29, 1.82) is 0 Å². The zero-order chi connectivity index (χ0) is 18.5. The van der Waals surface area contributed by atoms with Gasteiger partial charge in [0.2, 0.25) is 5.70 Å². The number of benzene rings is 2. The highest BCUT2D eigenvalue weighted by Crippen LogP contribution is 2.26.